The van der Waals surface area contributed by atoms with Crippen LogP contribution in [0.25, 0.3) is 0 Å². The van der Waals surface area contributed by atoms with Gasteiger partial charge in [0.1, 0.15) is 0 Å². The molecular formula is C31H30ClN3O4S. The summed E-state index contributed by atoms with van der Waals surface area (Å²) in [6.45, 7) is 5.24. The maximum Gasteiger partial charge on any atom is 0.253 e. The molecule has 0 aromatic heterocycles. The molecule has 0 heterocycles. The minimum absolute atomic E-state index is 0.0158. The minimum Gasteiger partial charge on any atom is -0.376 e. The highest BCUT2D eigenvalue weighted by atomic mass is 35.5. The lowest BCUT2D eigenvalue weighted by Crippen LogP contribution is -2.29. The van der Waals surface area contributed by atoms with Crippen LogP contribution in [-0.2, 0) is 14.6 Å². The summed E-state index contributed by atoms with van der Waals surface area (Å²) in [4.78, 5) is 26.0. The molecule has 9 heteroatoms. The molecule has 1 unspecified atom stereocenters. The first kappa shape index (κ1) is 28.9. The molecule has 0 saturated carbocycles. The van der Waals surface area contributed by atoms with Crippen LogP contribution < -0.4 is 16.0 Å². The molecule has 4 aromatic rings. The first-order valence-electron chi connectivity index (χ1n) is 12.7. The van der Waals surface area contributed by atoms with Crippen molar-refractivity contribution in [3.05, 3.63) is 118 Å². The summed E-state index contributed by atoms with van der Waals surface area (Å²) in [5, 5.41) is 8.83. The lowest BCUT2D eigenvalue weighted by atomic mass is 10.1. The number of aryl methyl sites for hydroxylation is 1. The van der Waals surface area contributed by atoms with Gasteiger partial charge in [0, 0.05) is 5.69 Å². The van der Waals surface area contributed by atoms with Gasteiger partial charge < -0.3 is 16.0 Å². The molecule has 0 fully saturated rings. The van der Waals surface area contributed by atoms with Crippen LogP contribution in [0.15, 0.2) is 101 Å². The van der Waals surface area contributed by atoms with Gasteiger partial charge in [-0.15, -0.1) is 0 Å². The highest BCUT2D eigenvalue weighted by Crippen LogP contribution is 2.34. The van der Waals surface area contributed by atoms with Crippen LogP contribution in [0.1, 0.15) is 40.0 Å². The summed E-state index contributed by atoms with van der Waals surface area (Å²) in [5.74, 6) is -0.728. The molecule has 0 radical (unpaired) electrons. The Morgan fingerprint density at radius 1 is 0.825 bits per heavy atom. The molecule has 0 saturated heterocycles. The molecule has 0 aliphatic heterocycles. The average molecular weight is 576 g/mol. The number of para-hydroxylation sites is 1. The zero-order chi connectivity index (χ0) is 28.9. The van der Waals surface area contributed by atoms with Gasteiger partial charge >= 0.3 is 0 Å². The Bertz CT molecular complexity index is 1640. The van der Waals surface area contributed by atoms with Gasteiger partial charge in [0.15, 0.2) is 0 Å². The van der Waals surface area contributed by atoms with Crippen molar-refractivity contribution in [1.82, 2.24) is 5.32 Å². The van der Waals surface area contributed by atoms with Crippen LogP contribution in [0.3, 0.4) is 0 Å². The van der Waals surface area contributed by atoms with Crippen LogP contribution in [0.5, 0.6) is 0 Å². The quantitative estimate of drug-likeness (QED) is 0.216. The van der Waals surface area contributed by atoms with E-state index in [4.69, 9.17) is 11.6 Å². The van der Waals surface area contributed by atoms with Gasteiger partial charge in [-0.3, -0.25) is 9.59 Å². The van der Waals surface area contributed by atoms with Crippen molar-refractivity contribution < 1.29 is 18.0 Å². The van der Waals surface area contributed by atoms with Crippen LogP contribution in [0.4, 0.5) is 11.4 Å². The Labute approximate surface area is 239 Å². The fourth-order valence-corrected chi connectivity index (χ4v) is 6.35. The summed E-state index contributed by atoms with van der Waals surface area (Å²) >= 11 is 6.34. The fraction of sp³-hybridized carbons (Fsp3) is 0.161. The molecule has 206 valence electrons. The fourth-order valence-electron chi connectivity index (χ4n) is 4.27. The van der Waals surface area contributed by atoms with Gasteiger partial charge in [-0.1, -0.05) is 71.8 Å². The number of carbonyl (C=O) groups excluding carboxylic acids is 2. The lowest BCUT2D eigenvalue weighted by molar-refractivity contribution is -0.114. The maximum atomic E-state index is 13.4. The van der Waals surface area contributed by atoms with Crippen molar-refractivity contribution in [2.75, 3.05) is 17.2 Å². The Balaban J connectivity index is 1.47. The Hall–Kier alpha value is -4.14. The molecule has 4 rings (SSSR count). The van der Waals surface area contributed by atoms with E-state index in [-0.39, 0.29) is 33.3 Å². The molecule has 7 nitrogen and oxygen atoms in total. The average Bonchev–Trinajstić information content (AvgIpc) is 2.93. The number of hydrogen-bond acceptors (Lipinski definition) is 5. The first-order valence-corrected chi connectivity index (χ1v) is 14.5. The smallest absolute Gasteiger partial charge is 0.253 e. The topological polar surface area (TPSA) is 104 Å². The van der Waals surface area contributed by atoms with Crippen molar-refractivity contribution >= 4 is 44.6 Å². The summed E-state index contributed by atoms with van der Waals surface area (Å²) < 4.78 is 26.7. The number of hydrogen-bond donors (Lipinski definition) is 3. The van der Waals surface area contributed by atoms with Gasteiger partial charge in [0.2, 0.25) is 15.7 Å². The standard InChI is InChI=1S/C31H30ClN3O4S/c1-20-13-15-24(16-14-20)40(38,39)30-21(2)27(18-17-26(30)32)33-19-29(36)35-28-12-8-7-11-25(28)31(37)34-22(3)23-9-5-4-6-10-23/h4-18,22,33H,19H2,1-3H3,(H,34,37)(H,35,36). The molecule has 0 bridgehead atoms. The number of rotatable bonds is 9. The van der Waals surface area contributed by atoms with Crippen molar-refractivity contribution in [2.45, 2.75) is 36.6 Å². The van der Waals surface area contributed by atoms with Crippen molar-refractivity contribution in [1.29, 1.82) is 0 Å². The predicted octanol–water partition coefficient (Wildman–Crippen LogP) is 6.33. The molecular weight excluding hydrogens is 546 g/mol. The first-order chi connectivity index (χ1) is 19.1. The van der Waals surface area contributed by atoms with Crippen LogP contribution in [0, 0.1) is 13.8 Å². The summed E-state index contributed by atoms with van der Waals surface area (Å²) in [6.07, 6.45) is 0. The van der Waals surface area contributed by atoms with Gasteiger partial charge in [-0.05, 0) is 68.3 Å². The molecule has 40 heavy (non-hydrogen) atoms. The Kier molecular flexibility index (Phi) is 8.92. The monoisotopic (exact) mass is 575 g/mol. The molecule has 2 amide bonds. The number of halogens is 1. The van der Waals surface area contributed by atoms with E-state index in [1.807, 2.05) is 44.2 Å². The van der Waals surface area contributed by atoms with Crippen LogP contribution >= 0.6 is 11.6 Å². The SMILES string of the molecule is Cc1ccc(S(=O)(=O)c2c(Cl)ccc(NCC(=O)Nc3ccccc3C(=O)NC(C)c3ccccc3)c2C)cc1. The minimum atomic E-state index is -3.89. The van der Waals surface area contributed by atoms with E-state index in [9.17, 15) is 18.0 Å². The summed E-state index contributed by atoms with van der Waals surface area (Å²) in [6, 6.07) is 25.8. The lowest BCUT2D eigenvalue weighted by Gasteiger charge is -2.17. The number of benzene rings is 4. The second-order valence-corrected chi connectivity index (χ2v) is 11.7. The predicted molar refractivity (Wildman–Crippen MR) is 159 cm³/mol. The molecule has 4 aromatic carbocycles. The third-order valence-corrected chi connectivity index (χ3v) is 8.87. The second-order valence-electron chi connectivity index (χ2n) is 9.42. The molecule has 0 aliphatic rings. The van der Waals surface area contributed by atoms with E-state index in [1.165, 1.54) is 6.07 Å². The summed E-state index contributed by atoms with van der Waals surface area (Å²) in [7, 11) is -3.89. The molecule has 0 aliphatic carbocycles. The highest BCUT2D eigenvalue weighted by Gasteiger charge is 2.25. The van der Waals surface area contributed by atoms with E-state index in [2.05, 4.69) is 16.0 Å². The molecule has 0 spiro atoms. The van der Waals surface area contributed by atoms with Crippen molar-refractivity contribution in [3.63, 3.8) is 0 Å². The number of carbonyl (C=O) groups is 2. The van der Waals surface area contributed by atoms with E-state index < -0.39 is 15.7 Å². The largest absolute Gasteiger partial charge is 0.376 e. The molecule has 3 N–H and O–H groups in total. The van der Waals surface area contributed by atoms with Crippen molar-refractivity contribution in [2.24, 2.45) is 0 Å². The number of nitrogens with one attached hydrogen (secondary N) is 3. The van der Waals surface area contributed by atoms with Gasteiger partial charge in [-0.25, -0.2) is 8.42 Å². The zero-order valence-corrected chi connectivity index (χ0v) is 23.9. The number of amides is 2. The maximum absolute atomic E-state index is 13.4. The highest BCUT2D eigenvalue weighted by molar-refractivity contribution is 7.91. The third-order valence-electron chi connectivity index (χ3n) is 6.49. The number of sulfone groups is 1. The van der Waals surface area contributed by atoms with E-state index in [1.54, 1.807) is 61.5 Å². The normalized spacial score (nSPS) is 11.9. The molecule has 1 atom stereocenters. The van der Waals surface area contributed by atoms with E-state index in [0.29, 0.717) is 22.5 Å². The van der Waals surface area contributed by atoms with E-state index >= 15 is 0 Å². The third kappa shape index (κ3) is 6.52. The van der Waals surface area contributed by atoms with Gasteiger partial charge in [-0.2, -0.15) is 0 Å². The Morgan fingerprint density at radius 2 is 1.48 bits per heavy atom. The Morgan fingerprint density at radius 3 is 2.17 bits per heavy atom. The van der Waals surface area contributed by atoms with E-state index in [0.717, 1.165) is 11.1 Å². The number of anilines is 2. The zero-order valence-electron chi connectivity index (χ0n) is 22.4. The van der Waals surface area contributed by atoms with Crippen LogP contribution in [-0.4, -0.2) is 26.8 Å². The van der Waals surface area contributed by atoms with Crippen molar-refractivity contribution in [3.8, 4) is 0 Å². The van der Waals surface area contributed by atoms with Gasteiger partial charge in [0.05, 0.1) is 38.7 Å². The van der Waals surface area contributed by atoms with Crippen LogP contribution in [0.2, 0.25) is 5.02 Å². The second kappa shape index (κ2) is 12.4. The summed E-state index contributed by atoms with van der Waals surface area (Å²) in [5.41, 5.74) is 3.44. The van der Waals surface area contributed by atoms with Gasteiger partial charge in [0.25, 0.3) is 5.91 Å².